The van der Waals surface area contributed by atoms with Crippen molar-refractivity contribution in [2.24, 2.45) is 0 Å². The van der Waals surface area contributed by atoms with Gasteiger partial charge < -0.3 is 9.64 Å². The summed E-state index contributed by atoms with van der Waals surface area (Å²) < 4.78 is 5.39. The molecule has 0 saturated carbocycles. The van der Waals surface area contributed by atoms with Gasteiger partial charge in [0, 0.05) is 25.2 Å². The molecule has 1 fully saturated rings. The lowest BCUT2D eigenvalue weighted by atomic mass is 10.0. The molecule has 3 rings (SSSR count). The molecule has 0 spiro atoms. The maximum Gasteiger partial charge on any atom is 0.236 e. The van der Waals surface area contributed by atoms with E-state index in [1.807, 2.05) is 37.4 Å². The Morgan fingerprint density at radius 2 is 1.88 bits per heavy atom. The number of nitrogens with zero attached hydrogens (tertiary/aromatic N) is 2. The Hall–Kier alpha value is -2.33. The summed E-state index contributed by atoms with van der Waals surface area (Å²) in [5.74, 6) is 0.972. The SMILES string of the molecule is COc1ccccc1CN(C)C(=O)CN1CCCC1c1ccccc1. The second-order valence-electron chi connectivity index (χ2n) is 6.60. The molecule has 132 valence electrons. The fourth-order valence-electron chi connectivity index (χ4n) is 3.54. The van der Waals surface area contributed by atoms with E-state index in [0.29, 0.717) is 19.1 Å². The van der Waals surface area contributed by atoms with E-state index in [2.05, 4.69) is 29.2 Å². The number of ether oxygens (including phenoxy) is 1. The first-order valence-corrected chi connectivity index (χ1v) is 8.84. The minimum atomic E-state index is 0.147. The third kappa shape index (κ3) is 4.20. The van der Waals surface area contributed by atoms with Crippen molar-refractivity contribution >= 4 is 5.91 Å². The molecule has 0 N–H and O–H groups in total. The van der Waals surface area contributed by atoms with E-state index in [0.717, 1.165) is 30.7 Å². The van der Waals surface area contributed by atoms with Crippen LogP contribution in [-0.2, 0) is 11.3 Å². The topological polar surface area (TPSA) is 32.8 Å². The molecule has 0 aromatic heterocycles. The predicted molar refractivity (Wildman–Crippen MR) is 99.5 cm³/mol. The maximum absolute atomic E-state index is 12.7. The van der Waals surface area contributed by atoms with Crippen molar-refractivity contribution in [2.45, 2.75) is 25.4 Å². The zero-order chi connectivity index (χ0) is 17.6. The molecule has 1 amide bonds. The Labute approximate surface area is 150 Å². The van der Waals surface area contributed by atoms with Crippen LogP contribution >= 0.6 is 0 Å². The second kappa shape index (κ2) is 8.17. The molecule has 2 aromatic carbocycles. The summed E-state index contributed by atoms with van der Waals surface area (Å²) in [4.78, 5) is 16.8. The van der Waals surface area contributed by atoms with Crippen molar-refractivity contribution < 1.29 is 9.53 Å². The van der Waals surface area contributed by atoms with Crippen LogP contribution in [-0.4, -0.2) is 43.0 Å². The van der Waals surface area contributed by atoms with Gasteiger partial charge in [0.1, 0.15) is 5.75 Å². The molecule has 4 heteroatoms. The molecule has 25 heavy (non-hydrogen) atoms. The van der Waals surface area contributed by atoms with Crippen LogP contribution in [0.15, 0.2) is 54.6 Å². The van der Waals surface area contributed by atoms with E-state index >= 15 is 0 Å². The van der Waals surface area contributed by atoms with E-state index in [-0.39, 0.29) is 5.91 Å². The standard InChI is InChI=1S/C21H26N2O2/c1-22(15-18-11-6-7-13-20(18)25-2)21(24)16-23-14-8-12-19(23)17-9-4-3-5-10-17/h3-7,9-11,13,19H,8,12,14-16H2,1-2H3. The van der Waals surface area contributed by atoms with E-state index in [1.54, 1.807) is 12.0 Å². The van der Waals surface area contributed by atoms with Crippen LogP contribution in [0.3, 0.4) is 0 Å². The van der Waals surface area contributed by atoms with E-state index < -0.39 is 0 Å². The largest absolute Gasteiger partial charge is 0.496 e. The summed E-state index contributed by atoms with van der Waals surface area (Å²) in [6.45, 7) is 2.01. The normalized spacial score (nSPS) is 17.4. The van der Waals surface area contributed by atoms with Gasteiger partial charge in [0.05, 0.1) is 13.7 Å². The smallest absolute Gasteiger partial charge is 0.236 e. The predicted octanol–water partition coefficient (Wildman–Crippen LogP) is 3.49. The highest BCUT2D eigenvalue weighted by Gasteiger charge is 2.28. The van der Waals surface area contributed by atoms with Crippen LogP contribution < -0.4 is 4.74 Å². The molecule has 1 unspecified atom stereocenters. The number of amides is 1. The third-order valence-electron chi connectivity index (χ3n) is 4.91. The third-order valence-corrected chi connectivity index (χ3v) is 4.91. The minimum Gasteiger partial charge on any atom is -0.496 e. The Morgan fingerprint density at radius 3 is 2.64 bits per heavy atom. The number of carbonyl (C=O) groups excluding carboxylic acids is 1. The fourth-order valence-corrected chi connectivity index (χ4v) is 3.54. The van der Waals surface area contributed by atoms with Crippen molar-refractivity contribution in [1.82, 2.24) is 9.80 Å². The van der Waals surface area contributed by atoms with Crippen LogP contribution in [0.5, 0.6) is 5.75 Å². The van der Waals surface area contributed by atoms with Gasteiger partial charge in [-0.3, -0.25) is 9.69 Å². The molecule has 1 aliphatic rings. The lowest BCUT2D eigenvalue weighted by Crippen LogP contribution is -2.37. The number of methoxy groups -OCH3 is 1. The highest BCUT2D eigenvalue weighted by atomic mass is 16.5. The number of likely N-dealkylation sites (tertiary alicyclic amines) is 1. The Kier molecular flexibility index (Phi) is 5.71. The molecule has 0 radical (unpaired) electrons. The van der Waals surface area contributed by atoms with Gasteiger partial charge in [-0.2, -0.15) is 0 Å². The lowest BCUT2D eigenvalue weighted by molar-refractivity contribution is -0.131. The van der Waals surface area contributed by atoms with Crippen LogP contribution in [0.1, 0.15) is 30.0 Å². The van der Waals surface area contributed by atoms with E-state index in [9.17, 15) is 4.79 Å². The zero-order valence-electron chi connectivity index (χ0n) is 15.0. The number of para-hydroxylation sites is 1. The highest BCUT2D eigenvalue weighted by Crippen LogP contribution is 2.31. The maximum atomic E-state index is 12.7. The first-order chi connectivity index (χ1) is 12.2. The quantitative estimate of drug-likeness (QED) is 0.808. The van der Waals surface area contributed by atoms with Gasteiger partial charge in [-0.05, 0) is 31.0 Å². The van der Waals surface area contributed by atoms with E-state index in [4.69, 9.17) is 4.74 Å². The summed E-state index contributed by atoms with van der Waals surface area (Å²) in [6.07, 6.45) is 2.26. The van der Waals surface area contributed by atoms with Crippen molar-refractivity contribution in [1.29, 1.82) is 0 Å². The fraction of sp³-hybridized carbons (Fsp3) is 0.381. The molecule has 1 saturated heterocycles. The lowest BCUT2D eigenvalue weighted by Gasteiger charge is -2.27. The molecule has 0 bridgehead atoms. The van der Waals surface area contributed by atoms with Gasteiger partial charge in [-0.25, -0.2) is 0 Å². The van der Waals surface area contributed by atoms with Crippen molar-refractivity contribution in [3.05, 3.63) is 65.7 Å². The summed E-state index contributed by atoms with van der Waals surface area (Å²) in [5, 5.41) is 0. The zero-order valence-corrected chi connectivity index (χ0v) is 15.0. The Morgan fingerprint density at radius 1 is 1.16 bits per heavy atom. The molecule has 1 atom stereocenters. The van der Waals surface area contributed by atoms with Crippen molar-refractivity contribution in [2.75, 3.05) is 27.2 Å². The summed E-state index contributed by atoms with van der Waals surface area (Å²) in [6, 6.07) is 18.7. The van der Waals surface area contributed by atoms with Gasteiger partial charge in [0.2, 0.25) is 5.91 Å². The van der Waals surface area contributed by atoms with Crippen LogP contribution in [0.4, 0.5) is 0 Å². The Balaban J connectivity index is 1.63. The molecular formula is C21H26N2O2. The molecular weight excluding hydrogens is 312 g/mol. The van der Waals surface area contributed by atoms with Gasteiger partial charge in [-0.15, -0.1) is 0 Å². The summed E-state index contributed by atoms with van der Waals surface area (Å²) in [7, 11) is 3.53. The average molecular weight is 338 g/mol. The average Bonchev–Trinajstić information content (AvgIpc) is 3.11. The van der Waals surface area contributed by atoms with Gasteiger partial charge >= 0.3 is 0 Å². The molecule has 1 aliphatic heterocycles. The van der Waals surface area contributed by atoms with E-state index in [1.165, 1.54) is 5.56 Å². The molecule has 4 nitrogen and oxygen atoms in total. The first kappa shape index (κ1) is 17.5. The minimum absolute atomic E-state index is 0.147. The Bertz CT molecular complexity index is 702. The van der Waals surface area contributed by atoms with Gasteiger partial charge in [0.15, 0.2) is 0 Å². The van der Waals surface area contributed by atoms with Crippen LogP contribution in [0, 0.1) is 0 Å². The van der Waals surface area contributed by atoms with Crippen molar-refractivity contribution in [3.63, 3.8) is 0 Å². The van der Waals surface area contributed by atoms with Gasteiger partial charge in [0.25, 0.3) is 0 Å². The molecule has 0 aliphatic carbocycles. The number of hydrogen-bond acceptors (Lipinski definition) is 3. The number of hydrogen-bond donors (Lipinski definition) is 0. The number of likely N-dealkylation sites (N-methyl/N-ethyl adjacent to an activating group) is 1. The first-order valence-electron chi connectivity index (χ1n) is 8.84. The van der Waals surface area contributed by atoms with Crippen molar-refractivity contribution in [3.8, 4) is 5.75 Å². The number of benzene rings is 2. The van der Waals surface area contributed by atoms with Gasteiger partial charge in [-0.1, -0.05) is 48.5 Å². The summed E-state index contributed by atoms with van der Waals surface area (Å²) in [5.41, 5.74) is 2.34. The second-order valence-corrected chi connectivity index (χ2v) is 6.60. The molecule has 1 heterocycles. The number of rotatable bonds is 6. The van der Waals surface area contributed by atoms with Crippen LogP contribution in [0.2, 0.25) is 0 Å². The monoisotopic (exact) mass is 338 g/mol. The summed E-state index contributed by atoms with van der Waals surface area (Å²) >= 11 is 0. The van der Waals surface area contributed by atoms with Crippen LogP contribution in [0.25, 0.3) is 0 Å². The highest BCUT2D eigenvalue weighted by molar-refractivity contribution is 5.78. The number of carbonyl (C=O) groups is 1. The molecule has 2 aromatic rings.